The van der Waals surface area contributed by atoms with E-state index in [1.54, 1.807) is 62.4 Å². The highest BCUT2D eigenvalue weighted by Crippen LogP contribution is 2.65. The van der Waals surface area contributed by atoms with Gasteiger partial charge in [-0.1, -0.05) is 83.1 Å². The summed E-state index contributed by atoms with van der Waals surface area (Å²) in [6.07, 6.45) is -3.35. The van der Waals surface area contributed by atoms with Gasteiger partial charge in [-0.2, -0.15) is 0 Å². The van der Waals surface area contributed by atoms with E-state index >= 15 is 0 Å². The Morgan fingerprint density at radius 1 is 0.962 bits per heavy atom. The van der Waals surface area contributed by atoms with Crippen LogP contribution in [-0.4, -0.2) is 87.5 Å². The number of carbonyl (C=O) groups excluding carboxylic acids is 5. The van der Waals surface area contributed by atoms with Crippen molar-refractivity contribution in [1.29, 1.82) is 0 Å². The predicted octanol–water partition coefficient (Wildman–Crippen LogP) is 3.93. The number of hydrogen-bond acceptors (Lipinski definition) is 12. The van der Waals surface area contributed by atoms with Gasteiger partial charge in [0, 0.05) is 30.8 Å². The van der Waals surface area contributed by atoms with Gasteiger partial charge in [0.05, 0.1) is 30.3 Å². The summed E-state index contributed by atoms with van der Waals surface area (Å²) < 4.78 is 30.2. The molecule has 2 aromatic carbocycles. The Labute approximate surface area is 307 Å². The zero-order chi connectivity index (χ0) is 38.3. The Balaban J connectivity index is 1.36. The van der Waals surface area contributed by atoms with Crippen molar-refractivity contribution in [3.8, 4) is 0 Å². The number of fused-ring (bicyclic) bond motifs is 4. The summed E-state index contributed by atoms with van der Waals surface area (Å²) >= 11 is 0. The zero-order valence-corrected chi connectivity index (χ0v) is 30.5. The molecule has 3 fully saturated rings. The second kappa shape index (κ2) is 12.5. The number of ketones is 2. The third-order valence-electron chi connectivity index (χ3n) is 12.0. The molecular weight excluding hydrogens is 684 g/mol. The van der Waals surface area contributed by atoms with Crippen LogP contribution < -0.4 is 0 Å². The molecule has 2 bridgehead atoms. The quantitative estimate of drug-likeness (QED) is 0.183. The van der Waals surface area contributed by atoms with E-state index in [0.717, 1.165) is 0 Å². The fraction of sp³-hybridized carbons (Fsp3) is 0.488. The van der Waals surface area contributed by atoms with Gasteiger partial charge < -0.3 is 33.9 Å². The van der Waals surface area contributed by atoms with E-state index in [4.69, 9.17) is 23.7 Å². The first kappa shape index (κ1) is 36.7. The van der Waals surface area contributed by atoms with E-state index in [0.29, 0.717) is 11.1 Å². The molecule has 2 heterocycles. The number of aliphatic hydroxyl groups excluding tert-OH is 1. The Hall–Kier alpha value is -4.65. The van der Waals surface area contributed by atoms with Gasteiger partial charge in [-0.3, -0.25) is 14.4 Å². The van der Waals surface area contributed by atoms with Crippen LogP contribution in [0, 0.1) is 16.7 Å². The fourth-order valence-electron chi connectivity index (χ4n) is 9.24. The minimum absolute atomic E-state index is 0.0196. The van der Waals surface area contributed by atoms with Crippen molar-refractivity contribution < 1.29 is 57.9 Å². The number of hydrogen-bond donors (Lipinski definition) is 2. The number of benzene rings is 2. The zero-order valence-electron chi connectivity index (χ0n) is 30.5. The summed E-state index contributed by atoms with van der Waals surface area (Å²) in [5.74, 6) is -6.72. The molecule has 12 nitrogen and oxygen atoms in total. The summed E-state index contributed by atoms with van der Waals surface area (Å²) in [4.78, 5) is 69.3. The molecule has 5 aliphatic rings. The average molecular weight is 729 g/mol. The van der Waals surface area contributed by atoms with Gasteiger partial charge in [-0.15, -0.1) is 0 Å². The van der Waals surface area contributed by atoms with E-state index in [1.165, 1.54) is 31.4 Å². The Morgan fingerprint density at radius 3 is 2.15 bits per heavy atom. The number of ether oxygens (including phenoxy) is 5. The summed E-state index contributed by atoms with van der Waals surface area (Å²) in [6, 6.07) is 16.9. The molecule has 1 spiro atoms. The minimum atomic E-state index is -2.24. The fourth-order valence-corrected chi connectivity index (χ4v) is 9.24. The maximum atomic E-state index is 14.8. The lowest BCUT2D eigenvalue weighted by Crippen LogP contribution is -2.83. The van der Waals surface area contributed by atoms with Crippen molar-refractivity contribution in [2.75, 3.05) is 6.61 Å². The number of carbonyl (C=O) groups is 5. The van der Waals surface area contributed by atoms with Crippen LogP contribution >= 0.6 is 0 Å². The van der Waals surface area contributed by atoms with Crippen LogP contribution in [0.25, 0.3) is 0 Å². The van der Waals surface area contributed by atoms with Gasteiger partial charge in [0.25, 0.3) is 0 Å². The number of Topliss-reactive ketones (excluding diaryl/α,β-unsaturated/α-hetero) is 2. The standard InChI is InChI=1S/C41H44O12/c1-22(42)53-39-21-49-28(39)17-25-20-50-41(25)32(39)34(52-35(46)24-15-11-8-12-16-24)40(48)19-26(18-27(38(40,5)6)30(43)33(41)45)51-36(47)31(44)29(37(2,3)4)23-13-9-7-10-14-23/h7-16,18,20,26,28-30,32,34,43,48H,17,19,21H2,1-6H3/t26-,28?,29?,30-,32-,34+,39+,40?,41+/m1/s1. The van der Waals surface area contributed by atoms with Crippen LogP contribution in [0.1, 0.15) is 76.2 Å². The van der Waals surface area contributed by atoms with Gasteiger partial charge in [0.1, 0.15) is 30.0 Å². The lowest BCUT2D eigenvalue weighted by Gasteiger charge is -2.67. The molecule has 1 saturated heterocycles. The van der Waals surface area contributed by atoms with Gasteiger partial charge in [-0.05, 0) is 34.8 Å². The molecule has 3 aliphatic carbocycles. The molecule has 0 aromatic heterocycles. The highest BCUT2D eigenvalue weighted by molar-refractivity contribution is 6.36. The monoisotopic (exact) mass is 728 g/mol. The molecule has 2 aromatic rings. The Kier molecular flexibility index (Phi) is 8.63. The van der Waals surface area contributed by atoms with Gasteiger partial charge >= 0.3 is 17.9 Å². The first-order chi connectivity index (χ1) is 24.9. The van der Waals surface area contributed by atoms with E-state index in [1.807, 2.05) is 20.8 Å². The average Bonchev–Trinajstić information content (AvgIpc) is 3.08. The molecule has 3 unspecified atom stereocenters. The molecule has 0 radical (unpaired) electrons. The topological polar surface area (TPSA) is 172 Å². The molecule has 12 heteroatoms. The van der Waals surface area contributed by atoms with E-state index in [9.17, 15) is 34.2 Å². The van der Waals surface area contributed by atoms with E-state index in [-0.39, 0.29) is 24.2 Å². The highest BCUT2D eigenvalue weighted by Gasteiger charge is 2.80. The van der Waals surface area contributed by atoms with E-state index < -0.39 is 99.8 Å². The number of rotatable bonds is 7. The minimum Gasteiger partial charge on any atom is -0.482 e. The first-order valence-corrected chi connectivity index (χ1v) is 17.8. The van der Waals surface area contributed by atoms with Crippen LogP contribution in [0.3, 0.4) is 0 Å². The van der Waals surface area contributed by atoms with Crippen molar-refractivity contribution in [2.24, 2.45) is 16.7 Å². The second-order valence-corrected chi connectivity index (χ2v) is 16.4. The molecule has 9 atom stereocenters. The van der Waals surface area contributed by atoms with Crippen LogP contribution in [0.15, 0.2) is 84.1 Å². The maximum absolute atomic E-state index is 14.8. The van der Waals surface area contributed by atoms with Crippen LogP contribution in [0.4, 0.5) is 0 Å². The summed E-state index contributed by atoms with van der Waals surface area (Å²) in [7, 11) is 0. The van der Waals surface area contributed by atoms with Crippen LogP contribution in [0.2, 0.25) is 0 Å². The molecule has 0 amide bonds. The van der Waals surface area contributed by atoms with E-state index in [2.05, 4.69) is 0 Å². The molecule has 53 heavy (non-hydrogen) atoms. The molecular formula is C41H44O12. The normalized spacial score (nSPS) is 34.2. The largest absolute Gasteiger partial charge is 0.482 e. The SMILES string of the molecule is CC(=O)O[C@@]12COC1CC1=CO[C@@]13C(=O)[C@H](O)C1=C[C@@H](OC(=O)C(=O)C(c4ccccc4)C(C)(C)C)CC(O)([C@@H](OC(=O)c4ccccc4)[C@@H]32)C1(C)C. The van der Waals surface area contributed by atoms with Crippen LogP contribution in [-0.2, 0) is 42.9 Å². The third-order valence-corrected chi connectivity index (χ3v) is 12.0. The lowest BCUT2D eigenvalue weighted by molar-refractivity contribution is -0.337. The first-order valence-electron chi connectivity index (χ1n) is 17.8. The van der Waals surface area contributed by atoms with Gasteiger partial charge in [0.2, 0.25) is 17.2 Å². The molecule has 7 rings (SSSR count). The van der Waals surface area contributed by atoms with Crippen molar-refractivity contribution in [3.05, 3.63) is 95.3 Å². The number of esters is 3. The Bertz CT molecular complexity index is 1930. The predicted molar refractivity (Wildman–Crippen MR) is 186 cm³/mol. The van der Waals surface area contributed by atoms with Crippen molar-refractivity contribution >= 4 is 29.5 Å². The van der Waals surface area contributed by atoms with Gasteiger partial charge in [-0.25, -0.2) is 9.59 Å². The smallest absolute Gasteiger partial charge is 0.375 e. The number of aliphatic hydroxyl groups is 2. The molecule has 2 saturated carbocycles. The second-order valence-electron chi connectivity index (χ2n) is 16.4. The lowest BCUT2D eigenvalue weighted by atomic mass is 9.47. The summed E-state index contributed by atoms with van der Waals surface area (Å²) in [5.41, 5.74) is -6.94. The van der Waals surface area contributed by atoms with Crippen molar-refractivity contribution in [2.45, 2.75) is 102 Å². The molecule has 2 aliphatic heterocycles. The summed E-state index contributed by atoms with van der Waals surface area (Å²) in [6.45, 7) is 9.63. The molecule has 280 valence electrons. The van der Waals surface area contributed by atoms with Crippen molar-refractivity contribution in [3.63, 3.8) is 0 Å². The third kappa shape index (κ3) is 5.40. The molecule has 2 N–H and O–H groups in total. The van der Waals surface area contributed by atoms with Crippen LogP contribution in [0.5, 0.6) is 0 Å². The summed E-state index contributed by atoms with van der Waals surface area (Å²) in [5, 5.41) is 25.3. The van der Waals surface area contributed by atoms with Crippen molar-refractivity contribution in [1.82, 2.24) is 0 Å². The highest BCUT2D eigenvalue weighted by atomic mass is 16.6. The Morgan fingerprint density at radius 2 is 1.60 bits per heavy atom. The van der Waals surface area contributed by atoms with Gasteiger partial charge in [0.15, 0.2) is 5.60 Å². The maximum Gasteiger partial charge on any atom is 0.375 e.